The number of carbonyl (C=O) groups is 1. The number of nitrogens with zero attached hydrogens (tertiary/aromatic N) is 1. The van der Waals surface area contributed by atoms with Crippen LogP contribution < -0.4 is 0 Å². The summed E-state index contributed by atoms with van der Waals surface area (Å²) in [5.74, 6) is 0.0439. The predicted molar refractivity (Wildman–Crippen MR) is 55.8 cm³/mol. The topological polar surface area (TPSA) is 49.8 Å². The van der Waals surface area contributed by atoms with E-state index in [4.69, 9.17) is 9.84 Å². The second kappa shape index (κ2) is 4.49. The molecule has 0 aliphatic heterocycles. The van der Waals surface area contributed by atoms with Crippen molar-refractivity contribution < 1.29 is 14.6 Å². The quantitative estimate of drug-likeness (QED) is 0.714. The summed E-state index contributed by atoms with van der Waals surface area (Å²) in [4.78, 5) is 12.9. The highest BCUT2D eigenvalue weighted by molar-refractivity contribution is 5.69. The predicted octanol–water partition coefficient (Wildman–Crippen LogP) is 0.960. The largest absolute Gasteiger partial charge is 0.480 e. The second-order valence-corrected chi connectivity index (χ2v) is 4.75. The van der Waals surface area contributed by atoms with Crippen LogP contribution in [0, 0.1) is 5.92 Å². The molecule has 0 aromatic carbocycles. The first kappa shape index (κ1) is 10.9. The third kappa shape index (κ3) is 2.92. The Kier molecular flexibility index (Phi) is 3.26. The van der Waals surface area contributed by atoms with Crippen LogP contribution in [0.1, 0.15) is 25.7 Å². The molecule has 0 unspecified atom stereocenters. The van der Waals surface area contributed by atoms with Gasteiger partial charge in [0.25, 0.3) is 0 Å². The van der Waals surface area contributed by atoms with Crippen LogP contribution in [0.15, 0.2) is 0 Å². The molecule has 4 nitrogen and oxygen atoms in total. The zero-order valence-corrected chi connectivity index (χ0v) is 9.19. The van der Waals surface area contributed by atoms with Crippen molar-refractivity contribution in [2.75, 3.05) is 20.2 Å². The van der Waals surface area contributed by atoms with Crippen molar-refractivity contribution in [1.82, 2.24) is 4.90 Å². The Bertz CT molecular complexity index is 234. The van der Waals surface area contributed by atoms with Crippen LogP contribution in [0.4, 0.5) is 0 Å². The molecule has 0 amide bonds. The minimum Gasteiger partial charge on any atom is -0.480 e. The van der Waals surface area contributed by atoms with E-state index in [9.17, 15) is 4.79 Å². The summed E-state index contributed by atoms with van der Waals surface area (Å²) in [6.07, 6.45) is 4.89. The summed E-state index contributed by atoms with van der Waals surface area (Å²) in [7, 11) is 1.73. The van der Waals surface area contributed by atoms with Gasteiger partial charge in [0.2, 0.25) is 0 Å². The Hall–Kier alpha value is -0.610. The summed E-state index contributed by atoms with van der Waals surface area (Å²) < 4.78 is 5.22. The van der Waals surface area contributed by atoms with E-state index in [1.807, 2.05) is 0 Å². The van der Waals surface area contributed by atoms with E-state index < -0.39 is 5.97 Å². The lowest BCUT2D eigenvalue weighted by Crippen LogP contribution is -2.50. The number of rotatable bonds is 6. The van der Waals surface area contributed by atoms with Gasteiger partial charge >= 0.3 is 5.97 Å². The molecule has 86 valence electrons. The maximum atomic E-state index is 10.7. The fraction of sp³-hybridized carbons (Fsp3) is 0.909. The molecule has 2 saturated carbocycles. The van der Waals surface area contributed by atoms with Crippen molar-refractivity contribution in [3.63, 3.8) is 0 Å². The van der Waals surface area contributed by atoms with Gasteiger partial charge < -0.3 is 9.84 Å². The van der Waals surface area contributed by atoms with Crippen molar-refractivity contribution in [2.24, 2.45) is 5.92 Å². The molecule has 2 aliphatic rings. The van der Waals surface area contributed by atoms with Gasteiger partial charge in [-0.15, -0.1) is 0 Å². The molecule has 0 radical (unpaired) electrons. The van der Waals surface area contributed by atoms with Crippen molar-refractivity contribution in [2.45, 2.75) is 37.8 Å². The number of ether oxygens (including phenoxy) is 1. The van der Waals surface area contributed by atoms with E-state index in [0.29, 0.717) is 12.1 Å². The summed E-state index contributed by atoms with van der Waals surface area (Å²) in [5, 5.41) is 8.84. The molecule has 2 rings (SSSR count). The molecule has 0 bridgehead atoms. The van der Waals surface area contributed by atoms with Crippen LogP contribution in [0.3, 0.4) is 0 Å². The Morgan fingerprint density at radius 3 is 2.60 bits per heavy atom. The number of carboxylic acid groups (broad SMARTS) is 1. The number of methoxy groups -OCH3 is 1. The SMILES string of the molecule is COC1CC(N(CC(=O)O)CC2CC2)C1. The van der Waals surface area contributed by atoms with Crippen molar-refractivity contribution in [3.05, 3.63) is 0 Å². The molecule has 0 atom stereocenters. The fourth-order valence-electron chi connectivity index (χ4n) is 2.18. The Morgan fingerprint density at radius 2 is 2.13 bits per heavy atom. The van der Waals surface area contributed by atoms with Crippen molar-refractivity contribution in [3.8, 4) is 0 Å². The van der Waals surface area contributed by atoms with Crippen LogP contribution in [-0.4, -0.2) is 48.3 Å². The third-order valence-corrected chi connectivity index (χ3v) is 3.45. The highest BCUT2D eigenvalue weighted by Gasteiger charge is 2.36. The van der Waals surface area contributed by atoms with Crippen LogP contribution in [-0.2, 0) is 9.53 Å². The van der Waals surface area contributed by atoms with Gasteiger partial charge in [-0.1, -0.05) is 0 Å². The van der Waals surface area contributed by atoms with Crippen molar-refractivity contribution in [1.29, 1.82) is 0 Å². The highest BCUT2D eigenvalue weighted by Crippen LogP contribution is 2.34. The van der Waals surface area contributed by atoms with E-state index in [1.165, 1.54) is 12.8 Å². The molecule has 0 heterocycles. The van der Waals surface area contributed by atoms with Gasteiger partial charge in [-0.3, -0.25) is 9.69 Å². The minimum absolute atomic E-state index is 0.192. The number of hydrogen-bond donors (Lipinski definition) is 1. The van der Waals surface area contributed by atoms with Crippen LogP contribution in [0.2, 0.25) is 0 Å². The highest BCUT2D eigenvalue weighted by atomic mass is 16.5. The first-order valence-corrected chi connectivity index (χ1v) is 5.67. The molecule has 0 aromatic rings. The summed E-state index contributed by atoms with van der Waals surface area (Å²) in [6.45, 7) is 1.16. The maximum Gasteiger partial charge on any atom is 0.317 e. The van der Waals surface area contributed by atoms with Crippen LogP contribution >= 0.6 is 0 Å². The molecule has 0 spiro atoms. The molecule has 2 aliphatic carbocycles. The van der Waals surface area contributed by atoms with Gasteiger partial charge in [0.05, 0.1) is 12.6 Å². The van der Waals surface area contributed by atoms with Gasteiger partial charge in [-0.05, 0) is 31.6 Å². The summed E-state index contributed by atoms with van der Waals surface area (Å²) >= 11 is 0. The first-order valence-electron chi connectivity index (χ1n) is 5.67. The summed E-state index contributed by atoms with van der Waals surface area (Å²) in [6, 6.07) is 0.437. The molecular weight excluding hydrogens is 194 g/mol. The van der Waals surface area contributed by atoms with Gasteiger partial charge in [0.1, 0.15) is 0 Å². The van der Waals surface area contributed by atoms with Gasteiger partial charge in [0, 0.05) is 19.7 Å². The Balaban J connectivity index is 1.79. The smallest absolute Gasteiger partial charge is 0.317 e. The fourth-order valence-corrected chi connectivity index (χ4v) is 2.18. The van der Waals surface area contributed by atoms with Gasteiger partial charge in [0.15, 0.2) is 0 Å². The Morgan fingerprint density at radius 1 is 1.47 bits per heavy atom. The van der Waals surface area contributed by atoms with E-state index in [1.54, 1.807) is 7.11 Å². The second-order valence-electron chi connectivity index (χ2n) is 4.75. The minimum atomic E-state index is -0.712. The lowest BCUT2D eigenvalue weighted by molar-refractivity contribution is -0.140. The van der Waals surface area contributed by atoms with E-state index in [-0.39, 0.29) is 6.54 Å². The molecule has 0 saturated heterocycles. The molecule has 15 heavy (non-hydrogen) atoms. The van der Waals surface area contributed by atoms with Crippen LogP contribution in [0.5, 0.6) is 0 Å². The van der Waals surface area contributed by atoms with Crippen molar-refractivity contribution >= 4 is 5.97 Å². The lowest BCUT2D eigenvalue weighted by atomic mass is 9.87. The monoisotopic (exact) mass is 213 g/mol. The number of carboxylic acids is 1. The zero-order valence-electron chi connectivity index (χ0n) is 9.19. The van der Waals surface area contributed by atoms with Gasteiger partial charge in [-0.2, -0.15) is 0 Å². The number of hydrogen-bond acceptors (Lipinski definition) is 3. The molecule has 2 fully saturated rings. The van der Waals surface area contributed by atoms with Gasteiger partial charge in [-0.25, -0.2) is 0 Å². The summed E-state index contributed by atoms with van der Waals surface area (Å²) in [5.41, 5.74) is 0. The standard InChI is InChI=1S/C11H19NO3/c1-15-10-4-9(5-10)12(7-11(13)14)6-8-2-3-8/h8-10H,2-7H2,1H3,(H,13,14). The van der Waals surface area contributed by atoms with Crippen LogP contribution in [0.25, 0.3) is 0 Å². The first-order chi connectivity index (χ1) is 7.19. The zero-order chi connectivity index (χ0) is 10.8. The van der Waals surface area contributed by atoms with E-state index >= 15 is 0 Å². The average molecular weight is 213 g/mol. The maximum absolute atomic E-state index is 10.7. The third-order valence-electron chi connectivity index (χ3n) is 3.45. The molecule has 1 N–H and O–H groups in total. The lowest BCUT2D eigenvalue weighted by Gasteiger charge is -2.41. The number of aliphatic carboxylic acids is 1. The molecular formula is C11H19NO3. The average Bonchev–Trinajstić information content (AvgIpc) is 2.84. The van der Waals surface area contributed by atoms with E-state index in [0.717, 1.165) is 25.3 Å². The molecule has 0 aromatic heterocycles. The Labute approximate surface area is 90.2 Å². The van der Waals surface area contributed by atoms with E-state index in [2.05, 4.69) is 4.90 Å². The normalized spacial score (nSPS) is 30.3. The molecule has 4 heteroatoms.